The molecule has 114 valence electrons. The van der Waals surface area contributed by atoms with E-state index >= 15 is 0 Å². The zero-order valence-electron chi connectivity index (χ0n) is 12.6. The van der Waals surface area contributed by atoms with Gasteiger partial charge in [-0.05, 0) is 50.5 Å². The summed E-state index contributed by atoms with van der Waals surface area (Å²) in [5, 5.41) is 0.671. The van der Waals surface area contributed by atoms with Gasteiger partial charge in [0.25, 0.3) is 0 Å². The molecule has 0 radical (unpaired) electrons. The van der Waals surface area contributed by atoms with Gasteiger partial charge in [0.15, 0.2) is 0 Å². The molecule has 5 heteroatoms. The number of aldehydes is 1. The van der Waals surface area contributed by atoms with Gasteiger partial charge in [0.2, 0.25) is 0 Å². The summed E-state index contributed by atoms with van der Waals surface area (Å²) in [7, 11) is 0. The number of nitrogens with zero attached hydrogens (tertiary/aromatic N) is 1. The summed E-state index contributed by atoms with van der Waals surface area (Å²) in [5.74, 6) is 0. The Morgan fingerprint density at radius 2 is 2.19 bits per heavy atom. The Morgan fingerprint density at radius 3 is 2.81 bits per heavy atom. The van der Waals surface area contributed by atoms with E-state index in [-0.39, 0.29) is 18.6 Å². The summed E-state index contributed by atoms with van der Waals surface area (Å²) < 4.78 is 5.44. The minimum Gasteiger partial charge on any atom is -0.444 e. The van der Waals surface area contributed by atoms with Crippen molar-refractivity contribution in [2.45, 2.75) is 45.3 Å². The van der Waals surface area contributed by atoms with Crippen LogP contribution in [0.15, 0.2) is 18.2 Å². The van der Waals surface area contributed by atoms with Crippen LogP contribution in [0.1, 0.15) is 44.4 Å². The molecule has 0 saturated carbocycles. The molecule has 1 aliphatic heterocycles. The highest BCUT2D eigenvalue weighted by Crippen LogP contribution is 2.34. The third-order valence-electron chi connectivity index (χ3n) is 3.41. The van der Waals surface area contributed by atoms with Crippen molar-refractivity contribution in [1.29, 1.82) is 0 Å². The van der Waals surface area contributed by atoms with Crippen LogP contribution in [0, 0.1) is 0 Å². The van der Waals surface area contributed by atoms with Gasteiger partial charge in [-0.3, -0.25) is 0 Å². The third kappa shape index (κ3) is 3.76. The Kier molecular flexibility index (Phi) is 4.57. The molecule has 1 atom stereocenters. The molecule has 0 aliphatic carbocycles. The molecule has 0 aromatic heterocycles. The van der Waals surface area contributed by atoms with E-state index in [0.29, 0.717) is 18.0 Å². The van der Waals surface area contributed by atoms with Gasteiger partial charge in [0.05, 0.1) is 6.04 Å². The summed E-state index contributed by atoms with van der Waals surface area (Å²) in [6, 6.07) is 5.30. The maximum atomic E-state index is 12.3. The Hall–Kier alpha value is -1.55. The van der Waals surface area contributed by atoms with Crippen molar-refractivity contribution in [3.05, 3.63) is 34.3 Å². The fourth-order valence-corrected chi connectivity index (χ4v) is 2.76. The van der Waals surface area contributed by atoms with Crippen LogP contribution in [0.3, 0.4) is 0 Å². The van der Waals surface area contributed by atoms with E-state index in [1.54, 1.807) is 11.0 Å². The molecule has 1 aliphatic rings. The topological polar surface area (TPSA) is 46.6 Å². The molecule has 1 unspecified atom stereocenters. The van der Waals surface area contributed by atoms with Crippen LogP contribution >= 0.6 is 11.6 Å². The van der Waals surface area contributed by atoms with E-state index in [2.05, 4.69) is 0 Å². The number of benzene rings is 1. The Labute approximate surface area is 130 Å². The molecule has 1 heterocycles. The van der Waals surface area contributed by atoms with Crippen molar-refractivity contribution >= 4 is 24.0 Å². The molecule has 21 heavy (non-hydrogen) atoms. The summed E-state index contributed by atoms with van der Waals surface area (Å²) in [6.07, 6.45) is 1.43. The second kappa shape index (κ2) is 6.06. The highest BCUT2D eigenvalue weighted by atomic mass is 35.5. The maximum Gasteiger partial charge on any atom is 0.410 e. The average molecular weight is 310 g/mol. The second-order valence-corrected chi connectivity index (χ2v) is 6.62. The fourth-order valence-electron chi connectivity index (χ4n) is 2.56. The third-order valence-corrected chi connectivity index (χ3v) is 3.64. The summed E-state index contributed by atoms with van der Waals surface area (Å²) in [4.78, 5) is 25.0. The lowest BCUT2D eigenvalue weighted by Crippen LogP contribution is -2.43. The smallest absolute Gasteiger partial charge is 0.410 e. The number of carbonyl (C=O) groups is 2. The molecule has 1 amide bonds. The normalized spacial score (nSPS) is 18.1. The van der Waals surface area contributed by atoms with Crippen LogP contribution < -0.4 is 0 Å². The van der Waals surface area contributed by atoms with Crippen LogP contribution in [-0.4, -0.2) is 29.4 Å². The van der Waals surface area contributed by atoms with Crippen LogP contribution in [0.25, 0.3) is 0 Å². The minimum absolute atomic E-state index is 0.258. The second-order valence-electron chi connectivity index (χ2n) is 6.19. The van der Waals surface area contributed by atoms with E-state index in [0.717, 1.165) is 17.4 Å². The molecule has 0 fully saturated rings. The predicted molar refractivity (Wildman–Crippen MR) is 81.5 cm³/mol. The van der Waals surface area contributed by atoms with Crippen LogP contribution in [0.5, 0.6) is 0 Å². The molecule has 4 nitrogen and oxygen atoms in total. The van der Waals surface area contributed by atoms with E-state index in [9.17, 15) is 9.59 Å². The van der Waals surface area contributed by atoms with Crippen molar-refractivity contribution in [3.63, 3.8) is 0 Å². The van der Waals surface area contributed by atoms with Gasteiger partial charge < -0.3 is 14.4 Å². The summed E-state index contributed by atoms with van der Waals surface area (Å²) in [6.45, 7) is 6.02. The SMILES string of the molecule is CC(C)(C)OC(=O)N1CCc2cc(Cl)ccc2C1CC=O. The number of hydrogen-bond donors (Lipinski definition) is 0. The molecule has 1 aromatic carbocycles. The van der Waals surface area contributed by atoms with E-state index in [4.69, 9.17) is 16.3 Å². The first-order valence-electron chi connectivity index (χ1n) is 7.03. The van der Waals surface area contributed by atoms with Gasteiger partial charge in [0, 0.05) is 18.0 Å². The van der Waals surface area contributed by atoms with Gasteiger partial charge in [0.1, 0.15) is 11.9 Å². The number of rotatable bonds is 2. The largest absolute Gasteiger partial charge is 0.444 e. The van der Waals surface area contributed by atoms with E-state index in [1.165, 1.54) is 0 Å². The van der Waals surface area contributed by atoms with E-state index in [1.807, 2.05) is 32.9 Å². The maximum absolute atomic E-state index is 12.3. The van der Waals surface area contributed by atoms with Gasteiger partial charge >= 0.3 is 6.09 Å². The van der Waals surface area contributed by atoms with Crippen molar-refractivity contribution in [2.75, 3.05) is 6.54 Å². The Morgan fingerprint density at radius 1 is 1.48 bits per heavy atom. The van der Waals surface area contributed by atoms with E-state index < -0.39 is 5.60 Å². The Bertz CT molecular complexity index is 551. The lowest BCUT2D eigenvalue weighted by Gasteiger charge is -2.37. The Balaban J connectivity index is 2.29. The summed E-state index contributed by atoms with van der Waals surface area (Å²) in [5.41, 5.74) is 1.51. The molecule has 2 rings (SSSR count). The highest BCUT2D eigenvalue weighted by Gasteiger charge is 2.33. The fraction of sp³-hybridized carbons (Fsp3) is 0.500. The quantitative estimate of drug-likeness (QED) is 0.781. The molecule has 0 N–H and O–H groups in total. The number of carbonyl (C=O) groups excluding carboxylic acids is 2. The van der Waals surface area contributed by atoms with Crippen LogP contribution in [0.4, 0.5) is 4.79 Å². The van der Waals surface area contributed by atoms with Gasteiger partial charge in [-0.1, -0.05) is 17.7 Å². The average Bonchev–Trinajstić information content (AvgIpc) is 2.36. The standard InChI is InChI=1S/C16H20ClNO3/c1-16(2,3)21-15(20)18-8-6-11-10-12(17)4-5-13(11)14(18)7-9-19/h4-5,9-10,14H,6-8H2,1-3H3. The number of ether oxygens (including phenoxy) is 1. The molecule has 0 bridgehead atoms. The molecule has 0 spiro atoms. The first-order chi connectivity index (χ1) is 9.81. The van der Waals surface area contributed by atoms with Crippen molar-refractivity contribution in [3.8, 4) is 0 Å². The van der Waals surface area contributed by atoms with Gasteiger partial charge in [-0.2, -0.15) is 0 Å². The number of halogens is 1. The number of fused-ring (bicyclic) bond motifs is 1. The lowest BCUT2D eigenvalue weighted by atomic mass is 9.91. The first kappa shape index (κ1) is 15.8. The molecular weight excluding hydrogens is 290 g/mol. The zero-order chi connectivity index (χ0) is 15.6. The van der Waals surface area contributed by atoms with Crippen LogP contribution in [0.2, 0.25) is 5.02 Å². The molecule has 1 aromatic rings. The summed E-state index contributed by atoms with van der Waals surface area (Å²) >= 11 is 6.01. The predicted octanol–water partition coefficient (Wildman–Crippen LogP) is 3.76. The number of hydrogen-bond acceptors (Lipinski definition) is 3. The van der Waals surface area contributed by atoms with Crippen molar-refractivity contribution in [1.82, 2.24) is 4.90 Å². The molecular formula is C16H20ClNO3. The van der Waals surface area contributed by atoms with Gasteiger partial charge in [-0.15, -0.1) is 0 Å². The lowest BCUT2D eigenvalue weighted by molar-refractivity contribution is -0.109. The number of amides is 1. The van der Waals surface area contributed by atoms with Crippen molar-refractivity contribution in [2.24, 2.45) is 0 Å². The monoisotopic (exact) mass is 309 g/mol. The van der Waals surface area contributed by atoms with Crippen molar-refractivity contribution < 1.29 is 14.3 Å². The zero-order valence-corrected chi connectivity index (χ0v) is 13.3. The van der Waals surface area contributed by atoms with Crippen LogP contribution in [-0.2, 0) is 16.0 Å². The highest BCUT2D eigenvalue weighted by molar-refractivity contribution is 6.30. The molecule has 0 saturated heterocycles. The van der Waals surface area contributed by atoms with Gasteiger partial charge in [-0.25, -0.2) is 4.79 Å². The minimum atomic E-state index is -0.552. The first-order valence-corrected chi connectivity index (χ1v) is 7.41.